The van der Waals surface area contributed by atoms with Crippen LogP contribution in [-0.4, -0.2) is 28.1 Å². The van der Waals surface area contributed by atoms with Crippen LogP contribution >= 0.6 is 0 Å². The molecule has 2 aromatic rings. The number of hydrogen-bond acceptors (Lipinski definition) is 4. The van der Waals surface area contributed by atoms with Gasteiger partial charge in [-0.2, -0.15) is 0 Å². The summed E-state index contributed by atoms with van der Waals surface area (Å²) in [6.45, 7) is 6.62. The molecule has 0 radical (unpaired) electrons. The summed E-state index contributed by atoms with van der Waals surface area (Å²) < 4.78 is 0. The Labute approximate surface area is 149 Å². The standard InChI is InChI=1S/C20H27N3O2/c1-4-20(25,5-2)14-22-15(3)16-6-8-18(9-7-16)23-19(24)17-10-12-21-13-11-17/h6-13,15,22,25H,4-5,14H2,1-3H3,(H,23,24). The van der Waals surface area contributed by atoms with E-state index in [-0.39, 0.29) is 11.9 Å². The molecule has 0 aliphatic carbocycles. The third kappa shape index (κ3) is 5.37. The molecule has 3 N–H and O–H groups in total. The molecule has 25 heavy (non-hydrogen) atoms. The van der Waals surface area contributed by atoms with Gasteiger partial charge in [-0.15, -0.1) is 0 Å². The number of amides is 1. The fourth-order valence-electron chi connectivity index (χ4n) is 2.52. The fraction of sp³-hybridized carbons (Fsp3) is 0.400. The van der Waals surface area contributed by atoms with E-state index in [1.54, 1.807) is 24.5 Å². The third-order valence-corrected chi connectivity index (χ3v) is 4.66. The van der Waals surface area contributed by atoms with Gasteiger partial charge in [-0.1, -0.05) is 26.0 Å². The maximum atomic E-state index is 12.1. The molecule has 5 heteroatoms. The summed E-state index contributed by atoms with van der Waals surface area (Å²) >= 11 is 0. The first-order chi connectivity index (χ1) is 12.0. The van der Waals surface area contributed by atoms with Gasteiger partial charge in [0.25, 0.3) is 5.91 Å². The zero-order chi connectivity index (χ0) is 18.3. The fourth-order valence-corrected chi connectivity index (χ4v) is 2.52. The van der Waals surface area contributed by atoms with Crippen LogP contribution in [0.15, 0.2) is 48.8 Å². The molecular weight excluding hydrogens is 314 g/mol. The van der Waals surface area contributed by atoms with E-state index >= 15 is 0 Å². The summed E-state index contributed by atoms with van der Waals surface area (Å²) in [4.78, 5) is 16.0. The number of benzene rings is 1. The second kappa shape index (κ2) is 8.74. The Morgan fingerprint density at radius 3 is 2.28 bits per heavy atom. The van der Waals surface area contributed by atoms with E-state index in [2.05, 4.69) is 22.5 Å². The molecule has 0 bridgehead atoms. The van der Waals surface area contributed by atoms with Crippen molar-refractivity contribution >= 4 is 11.6 Å². The molecule has 1 amide bonds. The van der Waals surface area contributed by atoms with Gasteiger partial charge in [-0.3, -0.25) is 9.78 Å². The number of rotatable bonds is 8. The van der Waals surface area contributed by atoms with Crippen LogP contribution < -0.4 is 10.6 Å². The van der Waals surface area contributed by atoms with Gasteiger partial charge >= 0.3 is 0 Å². The SMILES string of the molecule is CCC(O)(CC)CNC(C)c1ccc(NC(=O)c2ccncc2)cc1. The number of aliphatic hydroxyl groups is 1. The van der Waals surface area contributed by atoms with Gasteiger partial charge in [0.1, 0.15) is 0 Å². The molecule has 2 rings (SSSR count). The summed E-state index contributed by atoms with van der Waals surface area (Å²) in [7, 11) is 0. The van der Waals surface area contributed by atoms with Crippen LogP contribution in [0.3, 0.4) is 0 Å². The monoisotopic (exact) mass is 341 g/mol. The van der Waals surface area contributed by atoms with Crippen LogP contribution in [0.1, 0.15) is 55.6 Å². The maximum absolute atomic E-state index is 12.1. The highest BCUT2D eigenvalue weighted by Crippen LogP contribution is 2.19. The second-order valence-electron chi connectivity index (χ2n) is 6.35. The Bertz CT molecular complexity index is 667. The largest absolute Gasteiger partial charge is 0.389 e. The van der Waals surface area contributed by atoms with E-state index in [0.717, 1.165) is 24.1 Å². The van der Waals surface area contributed by atoms with Crippen molar-refractivity contribution < 1.29 is 9.90 Å². The average molecular weight is 341 g/mol. The van der Waals surface area contributed by atoms with Crippen molar-refractivity contribution in [1.82, 2.24) is 10.3 Å². The molecule has 0 aliphatic heterocycles. The van der Waals surface area contributed by atoms with Crippen molar-refractivity contribution in [1.29, 1.82) is 0 Å². The van der Waals surface area contributed by atoms with Crippen LogP contribution in [0.5, 0.6) is 0 Å². The lowest BCUT2D eigenvalue weighted by atomic mass is 9.96. The van der Waals surface area contributed by atoms with E-state index in [9.17, 15) is 9.90 Å². The Kier molecular flexibility index (Phi) is 6.67. The molecular formula is C20H27N3O2. The third-order valence-electron chi connectivity index (χ3n) is 4.66. The quantitative estimate of drug-likeness (QED) is 0.686. The summed E-state index contributed by atoms with van der Waals surface area (Å²) in [6.07, 6.45) is 4.64. The summed E-state index contributed by atoms with van der Waals surface area (Å²) in [5.41, 5.74) is 1.77. The molecule has 0 spiro atoms. The summed E-state index contributed by atoms with van der Waals surface area (Å²) in [6, 6.07) is 11.2. The first-order valence-electron chi connectivity index (χ1n) is 8.74. The number of carbonyl (C=O) groups is 1. The normalized spacial score (nSPS) is 12.6. The number of aromatic nitrogens is 1. The summed E-state index contributed by atoms with van der Waals surface area (Å²) in [5, 5.41) is 16.6. The van der Waals surface area contributed by atoms with Gasteiger partial charge < -0.3 is 15.7 Å². The van der Waals surface area contributed by atoms with E-state index < -0.39 is 5.60 Å². The Morgan fingerprint density at radius 2 is 1.72 bits per heavy atom. The molecule has 0 saturated carbocycles. The molecule has 0 aliphatic rings. The zero-order valence-corrected chi connectivity index (χ0v) is 15.1. The van der Waals surface area contributed by atoms with Crippen molar-refractivity contribution in [3.63, 3.8) is 0 Å². The predicted octanol–water partition coefficient (Wildman–Crippen LogP) is 3.54. The minimum atomic E-state index is -0.660. The summed E-state index contributed by atoms with van der Waals surface area (Å²) in [5.74, 6) is -0.155. The molecule has 0 fully saturated rings. The van der Waals surface area contributed by atoms with Crippen LogP contribution in [0, 0.1) is 0 Å². The first-order valence-corrected chi connectivity index (χ1v) is 8.74. The molecule has 1 aromatic carbocycles. The highest BCUT2D eigenvalue weighted by Gasteiger charge is 2.22. The van der Waals surface area contributed by atoms with Gasteiger partial charge in [0.2, 0.25) is 0 Å². The molecule has 1 aromatic heterocycles. The maximum Gasteiger partial charge on any atom is 0.255 e. The lowest BCUT2D eigenvalue weighted by Crippen LogP contribution is -2.40. The molecule has 1 heterocycles. The van der Waals surface area contributed by atoms with Gasteiger partial charge in [-0.05, 0) is 49.6 Å². The van der Waals surface area contributed by atoms with Gasteiger partial charge in [-0.25, -0.2) is 0 Å². The van der Waals surface area contributed by atoms with Gasteiger partial charge in [0.15, 0.2) is 0 Å². The van der Waals surface area contributed by atoms with E-state index in [4.69, 9.17) is 0 Å². The minimum Gasteiger partial charge on any atom is -0.389 e. The lowest BCUT2D eigenvalue weighted by molar-refractivity contribution is 0.0303. The van der Waals surface area contributed by atoms with E-state index in [1.165, 1.54) is 0 Å². The lowest BCUT2D eigenvalue weighted by Gasteiger charge is -2.27. The van der Waals surface area contributed by atoms with Crippen molar-refractivity contribution in [3.05, 3.63) is 59.9 Å². The zero-order valence-electron chi connectivity index (χ0n) is 15.1. The Morgan fingerprint density at radius 1 is 1.12 bits per heavy atom. The van der Waals surface area contributed by atoms with Crippen LogP contribution in [0.4, 0.5) is 5.69 Å². The number of hydrogen-bond donors (Lipinski definition) is 3. The van der Waals surface area contributed by atoms with E-state index in [0.29, 0.717) is 12.1 Å². The smallest absolute Gasteiger partial charge is 0.255 e. The Balaban J connectivity index is 1.94. The Hall–Kier alpha value is -2.24. The molecule has 1 unspecified atom stereocenters. The minimum absolute atomic E-state index is 0.120. The topological polar surface area (TPSA) is 74.2 Å². The highest BCUT2D eigenvalue weighted by molar-refractivity contribution is 6.04. The molecule has 5 nitrogen and oxygen atoms in total. The predicted molar refractivity (Wildman–Crippen MR) is 101 cm³/mol. The average Bonchev–Trinajstić information content (AvgIpc) is 2.67. The van der Waals surface area contributed by atoms with Crippen molar-refractivity contribution in [2.24, 2.45) is 0 Å². The van der Waals surface area contributed by atoms with Crippen LogP contribution in [-0.2, 0) is 0 Å². The molecule has 134 valence electrons. The number of nitrogens with zero attached hydrogens (tertiary/aromatic N) is 1. The van der Waals surface area contributed by atoms with Crippen LogP contribution in [0.25, 0.3) is 0 Å². The van der Waals surface area contributed by atoms with Gasteiger partial charge in [0, 0.05) is 36.2 Å². The number of carbonyl (C=O) groups excluding carboxylic acids is 1. The highest BCUT2D eigenvalue weighted by atomic mass is 16.3. The van der Waals surface area contributed by atoms with Gasteiger partial charge in [0.05, 0.1) is 5.60 Å². The van der Waals surface area contributed by atoms with E-state index in [1.807, 2.05) is 38.1 Å². The second-order valence-corrected chi connectivity index (χ2v) is 6.35. The van der Waals surface area contributed by atoms with Crippen molar-refractivity contribution in [2.45, 2.75) is 45.3 Å². The van der Waals surface area contributed by atoms with Crippen molar-refractivity contribution in [3.8, 4) is 0 Å². The van der Waals surface area contributed by atoms with Crippen LogP contribution in [0.2, 0.25) is 0 Å². The number of anilines is 1. The first kappa shape index (κ1) is 19.1. The number of pyridine rings is 1. The number of nitrogens with one attached hydrogen (secondary N) is 2. The molecule has 1 atom stereocenters. The molecule has 0 saturated heterocycles. The van der Waals surface area contributed by atoms with Crippen molar-refractivity contribution in [2.75, 3.05) is 11.9 Å².